The number of aliphatic hydroxyl groups excluding tert-OH is 1. The molecule has 0 saturated carbocycles. The number of aromatic hydroxyl groups is 1. The lowest BCUT2D eigenvalue weighted by Crippen LogP contribution is -2.31. The lowest BCUT2D eigenvalue weighted by molar-refractivity contribution is -0.117. The number of fused-ring (bicyclic) bond motifs is 1. The van der Waals surface area contributed by atoms with Crippen LogP contribution in [0.3, 0.4) is 0 Å². The van der Waals surface area contributed by atoms with Crippen molar-refractivity contribution in [2.75, 3.05) is 12.0 Å². The molecule has 0 fully saturated rings. The number of aromatic nitrogens is 1. The summed E-state index contributed by atoms with van der Waals surface area (Å²) in [5.41, 5.74) is 0.908. The number of benzene rings is 2. The summed E-state index contributed by atoms with van der Waals surface area (Å²) in [4.78, 5) is 31.9. The van der Waals surface area contributed by atoms with Crippen LogP contribution in [0.2, 0.25) is 0 Å². The van der Waals surface area contributed by atoms with Crippen LogP contribution in [0.25, 0.3) is 11.0 Å². The number of ether oxygens (including phenoxy) is 1. The van der Waals surface area contributed by atoms with Crippen molar-refractivity contribution in [3.8, 4) is 11.5 Å². The van der Waals surface area contributed by atoms with Gasteiger partial charge in [-0.05, 0) is 42.0 Å². The number of nitrogens with zero attached hydrogens (tertiary/aromatic N) is 2. The first kappa shape index (κ1) is 20.3. The molecule has 3 heterocycles. The van der Waals surface area contributed by atoms with Crippen molar-refractivity contribution in [1.82, 2.24) is 4.98 Å². The number of phenolic OH excluding ortho intramolecular Hbond substituents is 1. The molecular formula is C25H18N2O6. The Morgan fingerprint density at radius 1 is 1.06 bits per heavy atom. The molecule has 2 N–H and O–H groups in total. The normalized spacial score (nSPS) is 16.0. The first-order chi connectivity index (χ1) is 16.0. The van der Waals surface area contributed by atoms with Crippen molar-refractivity contribution in [2.45, 2.75) is 6.04 Å². The van der Waals surface area contributed by atoms with Gasteiger partial charge in [0.25, 0.3) is 5.91 Å². The summed E-state index contributed by atoms with van der Waals surface area (Å²) in [7, 11) is 1.49. The van der Waals surface area contributed by atoms with Crippen molar-refractivity contribution >= 4 is 28.3 Å². The summed E-state index contributed by atoms with van der Waals surface area (Å²) in [6.07, 6.45) is 3.04. The van der Waals surface area contributed by atoms with Gasteiger partial charge in [-0.25, -0.2) is 0 Å². The maximum absolute atomic E-state index is 13.6. The molecule has 1 aliphatic rings. The average Bonchev–Trinajstić information content (AvgIpc) is 3.39. The highest BCUT2D eigenvalue weighted by molar-refractivity contribution is 6.21. The van der Waals surface area contributed by atoms with E-state index in [4.69, 9.17) is 9.15 Å². The van der Waals surface area contributed by atoms with E-state index in [1.54, 1.807) is 42.5 Å². The predicted molar refractivity (Wildman–Crippen MR) is 119 cm³/mol. The number of phenols is 1. The van der Waals surface area contributed by atoms with Gasteiger partial charge in [0.15, 0.2) is 22.9 Å². The Hall–Kier alpha value is -4.59. The molecule has 2 aromatic carbocycles. The summed E-state index contributed by atoms with van der Waals surface area (Å²) >= 11 is 0. The Labute approximate surface area is 188 Å². The first-order valence-electron chi connectivity index (χ1n) is 10.1. The Balaban J connectivity index is 1.67. The second kappa shape index (κ2) is 7.83. The third-order valence-electron chi connectivity index (χ3n) is 5.57. The van der Waals surface area contributed by atoms with Crippen molar-refractivity contribution in [1.29, 1.82) is 0 Å². The number of anilines is 1. The van der Waals surface area contributed by atoms with Gasteiger partial charge in [-0.2, -0.15) is 0 Å². The number of ketones is 1. The highest BCUT2D eigenvalue weighted by Crippen LogP contribution is 2.44. The fraction of sp³-hybridized carbons (Fsp3) is 0.0800. The molecule has 0 aliphatic carbocycles. The van der Waals surface area contributed by atoms with Crippen molar-refractivity contribution in [2.24, 2.45) is 0 Å². The van der Waals surface area contributed by atoms with E-state index in [9.17, 15) is 19.8 Å². The first-order valence-corrected chi connectivity index (χ1v) is 10.1. The average molecular weight is 442 g/mol. The molecule has 0 bridgehead atoms. The number of carbonyl (C=O) groups is 2. The molecule has 0 spiro atoms. The van der Waals surface area contributed by atoms with E-state index in [1.807, 2.05) is 0 Å². The van der Waals surface area contributed by atoms with Gasteiger partial charge in [-0.3, -0.25) is 19.5 Å². The van der Waals surface area contributed by atoms with Gasteiger partial charge in [0.05, 0.1) is 24.4 Å². The van der Waals surface area contributed by atoms with Crippen molar-refractivity contribution < 1.29 is 29.0 Å². The number of aliphatic hydroxyl groups is 1. The van der Waals surface area contributed by atoms with E-state index in [-0.39, 0.29) is 22.8 Å². The molecule has 5 rings (SSSR count). The van der Waals surface area contributed by atoms with E-state index in [1.165, 1.54) is 42.6 Å². The van der Waals surface area contributed by atoms with Gasteiger partial charge in [0.1, 0.15) is 5.75 Å². The van der Waals surface area contributed by atoms with Crippen LogP contribution in [0.4, 0.5) is 5.69 Å². The van der Waals surface area contributed by atoms with Gasteiger partial charge >= 0.3 is 0 Å². The Bertz CT molecular complexity index is 1420. The van der Waals surface area contributed by atoms with E-state index in [2.05, 4.69) is 4.98 Å². The number of pyridine rings is 1. The van der Waals surface area contributed by atoms with Crippen LogP contribution in [0.5, 0.6) is 11.5 Å². The second-order valence-electron chi connectivity index (χ2n) is 7.43. The van der Waals surface area contributed by atoms with Crippen LogP contribution in [0.1, 0.15) is 22.2 Å². The fourth-order valence-corrected chi connectivity index (χ4v) is 4.06. The highest BCUT2D eigenvalue weighted by atomic mass is 16.5. The largest absolute Gasteiger partial charge is 0.506 e. The van der Waals surface area contributed by atoms with Crippen molar-refractivity contribution in [3.05, 3.63) is 95.7 Å². The zero-order valence-electron chi connectivity index (χ0n) is 17.4. The third kappa shape index (κ3) is 3.20. The summed E-state index contributed by atoms with van der Waals surface area (Å²) in [5, 5.41) is 21.9. The smallest absolute Gasteiger partial charge is 0.294 e. The molecule has 4 aromatic rings. The zero-order valence-corrected chi connectivity index (χ0v) is 17.4. The van der Waals surface area contributed by atoms with Gasteiger partial charge in [-0.1, -0.05) is 24.3 Å². The quantitative estimate of drug-likeness (QED) is 0.443. The van der Waals surface area contributed by atoms with E-state index >= 15 is 0 Å². The van der Waals surface area contributed by atoms with Crippen LogP contribution >= 0.6 is 0 Å². The maximum atomic E-state index is 13.6. The molecule has 1 aliphatic heterocycles. The van der Waals surface area contributed by atoms with E-state index < -0.39 is 23.5 Å². The zero-order chi connectivity index (χ0) is 23.1. The van der Waals surface area contributed by atoms with Gasteiger partial charge in [0.2, 0.25) is 5.78 Å². The number of amides is 1. The summed E-state index contributed by atoms with van der Waals surface area (Å²) < 4.78 is 11.1. The number of furan rings is 1. The third-order valence-corrected chi connectivity index (χ3v) is 5.57. The second-order valence-corrected chi connectivity index (χ2v) is 7.43. The number of carbonyl (C=O) groups excluding carboxylic acids is 2. The number of hydrogen-bond acceptors (Lipinski definition) is 7. The Kier molecular flexibility index (Phi) is 4.82. The standard InChI is InChI=1S/C25H18N2O6/c1-32-18-8-4-5-15-13-19(33-24(15)18)22(29)20-21(14-9-11-26-12-10-14)27(25(31)23(20)30)16-6-2-3-7-17(16)28/h2-13,21,28,30H,1H3. The molecule has 1 amide bonds. The molecule has 33 heavy (non-hydrogen) atoms. The summed E-state index contributed by atoms with van der Waals surface area (Å²) in [6, 6.07) is 15.3. The Morgan fingerprint density at radius 2 is 1.82 bits per heavy atom. The minimum atomic E-state index is -1.00. The minimum absolute atomic E-state index is 0.0537. The fourth-order valence-electron chi connectivity index (χ4n) is 4.06. The molecule has 1 unspecified atom stereocenters. The molecular weight excluding hydrogens is 424 g/mol. The van der Waals surface area contributed by atoms with Crippen LogP contribution in [0.15, 0.2) is 88.8 Å². The molecule has 0 saturated heterocycles. The maximum Gasteiger partial charge on any atom is 0.294 e. The summed E-state index contributed by atoms with van der Waals surface area (Å²) in [5.74, 6) is -1.94. The summed E-state index contributed by atoms with van der Waals surface area (Å²) in [6.45, 7) is 0. The molecule has 8 heteroatoms. The van der Waals surface area contributed by atoms with Crippen molar-refractivity contribution in [3.63, 3.8) is 0 Å². The van der Waals surface area contributed by atoms with Gasteiger partial charge in [0, 0.05) is 17.8 Å². The molecule has 1 atom stereocenters. The monoisotopic (exact) mass is 442 g/mol. The van der Waals surface area contributed by atoms with Crippen LogP contribution in [-0.4, -0.2) is 34.0 Å². The SMILES string of the molecule is COc1cccc2cc(C(=O)C3=C(O)C(=O)N(c4ccccc4O)C3c3ccncc3)oc12. The van der Waals surface area contributed by atoms with Gasteiger partial charge in [-0.15, -0.1) is 0 Å². The van der Waals surface area contributed by atoms with E-state index in [0.29, 0.717) is 22.3 Å². The number of hydrogen-bond donors (Lipinski definition) is 2. The highest BCUT2D eigenvalue weighted by Gasteiger charge is 2.46. The van der Waals surface area contributed by atoms with Crippen LogP contribution in [0, 0.1) is 0 Å². The van der Waals surface area contributed by atoms with Crippen LogP contribution in [-0.2, 0) is 4.79 Å². The predicted octanol–water partition coefficient (Wildman–Crippen LogP) is 4.32. The number of para-hydroxylation sites is 3. The van der Waals surface area contributed by atoms with Gasteiger partial charge < -0.3 is 19.4 Å². The lowest BCUT2D eigenvalue weighted by atomic mass is 9.95. The lowest BCUT2D eigenvalue weighted by Gasteiger charge is -2.27. The molecule has 2 aromatic heterocycles. The molecule has 8 nitrogen and oxygen atoms in total. The number of Topliss-reactive ketones (excluding diaryl/α,β-unsaturated/α-hetero) is 1. The van der Waals surface area contributed by atoms with Crippen LogP contribution < -0.4 is 9.64 Å². The molecule has 164 valence electrons. The van der Waals surface area contributed by atoms with E-state index in [0.717, 1.165) is 0 Å². The minimum Gasteiger partial charge on any atom is -0.506 e. The topological polar surface area (TPSA) is 113 Å². The Morgan fingerprint density at radius 3 is 2.55 bits per heavy atom. The number of rotatable bonds is 5. The molecule has 0 radical (unpaired) electrons. The number of methoxy groups -OCH3 is 1.